The minimum atomic E-state index is -0.117. The highest BCUT2D eigenvalue weighted by Gasteiger charge is 2.29. The van der Waals surface area contributed by atoms with Crippen LogP contribution in [0.4, 0.5) is 0 Å². The number of rotatable bonds is 0. The summed E-state index contributed by atoms with van der Waals surface area (Å²) in [7, 11) is 0. The van der Waals surface area contributed by atoms with Crippen molar-refractivity contribution in [3.8, 4) is 29.6 Å². The van der Waals surface area contributed by atoms with E-state index in [4.69, 9.17) is 15.8 Å². The average molecular weight is 308 g/mol. The fraction of sp³-hybridized carbons (Fsp3) is 0. The summed E-state index contributed by atoms with van der Waals surface area (Å²) in [5.74, 6) is 0. The number of benzene rings is 1. The molecule has 0 spiro atoms. The fourth-order valence-corrected chi connectivity index (χ4v) is 2.58. The van der Waals surface area contributed by atoms with Crippen LogP contribution >= 0.6 is 0 Å². The van der Waals surface area contributed by atoms with Crippen LogP contribution in [0.2, 0.25) is 0 Å². The Kier molecular flexibility index (Phi) is 2.75. The second-order valence-corrected chi connectivity index (χ2v) is 4.82. The van der Waals surface area contributed by atoms with Crippen LogP contribution in [0.15, 0.2) is 29.3 Å². The third-order valence-corrected chi connectivity index (χ3v) is 3.55. The molecule has 0 aliphatic heterocycles. The lowest BCUT2D eigenvalue weighted by Gasteiger charge is -2.02. The van der Waals surface area contributed by atoms with Crippen molar-refractivity contribution < 1.29 is 0 Å². The van der Waals surface area contributed by atoms with E-state index in [1.165, 1.54) is 0 Å². The van der Waals surface area contributed by atoms with Crippen molar-refractivity contribution in [2.45, 2.75) is 0 Å². The molecule has 4 rings (SSSR count). The second-order valence-electron chi connectivity index (χ2n) is 4.82. The lowest BCUT2D eigenvalue weighted by molar-refractivity contribution is 1.11. The van der Waals surface area contributed by atoms with Gasteiger partial charge in [-0.2, -0.15) is 20.8 Å². The highest BCUT2D eigenvalue weighted by Crippen LogP contribution is 2.35. The van der Waals surface area contributed by atoms with E-state index in [0.717, 1.165) is 11.1 Å². The zero-order chi connectivity index (χ0) is 16.7. The maximum absolute atomic E-state index is 9.07. The summed E-state index contributed by atoms with van der Waals surface area (Å²) in [4.78, 5) is 20.7. The maximum Gasteiger partial charge on any atom is 0.206 e. The van der Waals surface area contributed by atoms with Crippen molar-refractivity contribution >= 4 is 17.0 Å². The van der Waals surface area contributed by atoms with Crippen LogP contribution in [0.5, 0.6) is 0 Å². The lowest BCUT2D eigenvalue weighted by atomic mass is 10.1. The van der Waals surface area contributed by atoms with E-state index in [-0.39, 0.29) is 22.7 Å². The van der Waals surface area contributed by atoms with Gasteiger partial charge in [-0.1, -0.05) is 24.3 Å². The molecule has 0 bridgehead atoms. The normalized spacial score (nSPS) is 13.0. The molecule has 1 aliphatic carbocycles. The molecular formula is C16H4N8. The summed E-state index contributed by atoms with van der Waals surface area (Å²) in [5.41, 5.74) is 2.93. The summed E-state index contributed by atoms with van der Waals surface area (Å²) in [5, 5.41) is 27.1. The van der Waals surface area contributed by atoms with Crippen LogP contribution in [-0.4, -0.2) is 25.6 Å². The minimum Gasteiger partial charge on any atom is -0.223 e. The number of aromatic nitrogens is 4. The van der Waals surface area contributed by atoms with Gasteiger partial charge in [0.2, 0.25) is 6.19 Å². The van der Waals surface area contributed by atoms with Crippen LogP contribution < -0.4 is 0 Å². The van der Waals surface area contributed by atoms with E-state index < -0.39 is 0 Å². The molecule has 8 nitrogen and oxygen atoms in total. The second kappa shape index (κ2) is 4.91. The van der Waals surface area contributed by atoms with E-state index in [1.807, 2.05) is 36.4 Å². The number of hydrogen-bond acceptors (Lipinski definition) is 8. The molecule has 3 aromatic rings. The minimum absolute atomic E-state index is 0.101. The van der Waals surface area contributed by atoms with Crippen molar-refractivity contribution in [2.75, 3.05) is 0 Å². The smallest absolute Gasteiger partial charge is 0.206 e. The number of aliphatic imine (C=N–C) groups is 1. The zero-order valence-corrected chi connectivity index (χ0v) is 11.9. The molecule has 0 N–H and O–H groups in total. The molecule has 2 heterocycles. The van der Waals surface area contributed by atoms with Gasteiger partial charge in [-0.05, 0) is 0 Å². The van der Waals surface area contributed by atoms with Crippen LogP contribution in [0.3, 0.4) is 0 Å². The highest BCUT2D eigenvalue weighted by molar-refractivity contribution is 6.23. The predicted molar refractivity (Wildman–Crippen MR) is 81.2 cm³/mol. The number of hydrogen-bond donors (Lipinski definition) is 0. The maximum atomic E-state index is 9.07. The summed E-state index contributed by atoms with van der Waals surface area (Å²) < 4.78 is 0. The summed E-state index contributed by atoms with van der Waals surface area (Å²) in [6.45, 7) is 0. The summed E-state index contributed by atoms with van der Waals surface area (Å²) in [6, 6.07) is 11.0. The molecule has 0 radical (unpaired) electrons. The van der Waals surface area contributed by atoms with E-state index in [1.54, 1.807) is 6.19 Å². The first-order chi connectivity index (χ1) is 11.8. The molecule has 0 amide bonds. The molecule has 0 fully saturated rings. The third kappa shape index (κ3) is 1.73. The van der Waals surface area contributed by atoms with Gasteiger partial charge >= 0.3 is 0 Å². The van der Waals surface area contributed by atoms with E-state index in [0.29, 0.717) is 17.1 Å². The molecule has 0 unspecified atom stereocenters. The Labute approximate surface area is 135 Å². The van der Waals surface area contributed by atoms with Crippen LogP contribution in [0.1, 0.15) is 22.6 Å². The van der Waals surface area contributed by atoms with Gasteiger partial charge < -0.3 is 0 Å². The molecule has 0 atom stereocenters. The van der Waals surface area contributed by atoms with Crippen molar-refractivity contribution in [2.24, 2.45) is 4.99 Å². The van der Waals surface area contributed by atoms with Gasteiger partial charge in [-0.3, -0.25) is 0 Å². The van der Waals surface area contributed by atoms with E-state index in [2.05, 4.69) is 24.9 Å². The fourth-order valence-electron chi connectivity index (χ4n) is 2.58. The van der Waals surface area contributed by atoms with Gasteiger partial charge in [0.1, 0.15) is 29.2 Å². The SMILES string of the molecule is N#C/N=C1\c2ccccc2-c2nc3nc(C#N)c(C#N)nc3nc21. The Balaban J connectivity index is 2.11. The monoisotopic (exact) mass is 308 g/mol. The number of fused-ring (bicyclic) bond motifs is 4. The van der Waals surface area contributed by atoms with Gasteiger partial charge in [0, 0.05) is 11.1 Å². The summed E-state index contributed by atoms with van der Waals surface area (Å²) in [6.07, 6.45) is 1.77. The average Bonchev–Trinajstić information content (AvgIpc) is 2.92. The van der Waals surface area contributed by atoms with Crippen LogP contribution in [0, 0.1) is 34.1 Å². The van der Waals surface area contributed by atoms with E-state index >= 15 is 0 Å². The van der Waals surface area contributed by atoms with E-state index in [9.17, 15) is 0 Å². The topological polar surface area (TPSA) is 135 Å². The van der Waals surface area contributed by atoms with Crippen molar-refractivity contribution in [1.82, 2.24) is 19.9 Å². The molecule has 0 saturated carbocycles. The largest absolute Gasteiger partial charge is 0.223 e. The number of nitrogens with zero attached hydrogens (tertiary/aromatic N) is 8. The van der Waals surface area contributed by atoms with Gasteiger partial charge in [0.15, 0.2) is 22.7 Å². The van der Waals surface area contributed by atoms with Gasteiger partial charge in [0.05, 0.1) is 0 Å². The Morgan fingerprint density at radius 3 is 1.92 bits per heavy atom. The Hall–Kier alpha value is -4.22. The summed E-state index contributed by atoms with van der Waals surface area (Å²) >= 11 is 0. The van der Waals surface area contributed by atoms with Crippen LogP contribution in [-0.2, 0) is 0 Å². The van der Waals surface area contributed by atoms with Gasteiger partial charge in [0.25, 0.3) is 0 Å². The van der Waals surface area contributed by atoms with Crippen molar-refractivity contribution in [3.63, 3.8) is 0 Å². The van der Waals surface area contributed by atoms with Crippen LogP contribution in [0.25, 0.3) is 22.6 Å². The van der Waals surface area contributed by atoms with Crippen molar-refractivity contribution in [3.05, 3.63) is 46.9 Å². The molecule has 1 aliphatic rings. The molecule has 24 heavy (non-hydrogen) atoms. The molecule has 0 saturated heterocycles. The predicted octanol–water partition coefficient (Wildman–Crippen LogP) is 1.46. The van der Waals surface area contributed by atoms with Gasteiger partial charge in [-0.25, -0.2) is 19.9 Å². The molecule has 8 heteroatoms. The highest BCUT2D eigenvalue weighted by atomic mass is 15.0. The zero-order valence-electron chi connectivity index (χ0n) is 11.9. The Bertz CT molecular complexity index is 1190. The third-order valence-electron chi connectivity index (χ3n) is 3.55. The Morgan fingerprint density at radius 2 is 1.33 bits per heavy atom. The molecule has 108 valence electrons. The first-order valence-corrected chi connectivity index (χ1v) is 6.73. The quantitative estimate of drug-likeness (QED) is 0.448. The standard InChI is InChI=1S/C16H4N8/c17-5-10-11(6-18)22-16-15(21-10)23-13-9-4-2-1-3-8(9)12(20-7-19)14(13)24-16/h1-4H/b20-12+. The van der Waals surface area contributed by atoms with Gasteiger partial charge in [-0.15, -0.1) is 0 Å². The first-order valence-electron chi connectivity index (χ1n) is 6.73. The Morgan fingerprint density at radius 1 is 0.750 bits per heavy atom. The number of nitriles is 3. The molecule has 1 aromatic carbocycles. The first kappa shape index (κ1) is 13.4. The molecule has 2 aromatic heterocycles. The van der Waals surface area contributed by atoms with Crippen molar-refractivity contribution in [1.29, 1.82) is 15.8 Å². The lowest BCUT2D eigenvalue weighted by Crippen LogP contribution is -2.05. The molecular weight excluding hydrogens is 304 g/mol.